The Kier molecular flexibility index (Phi) is 4.51. The highest BCUT2D eigenvalue weighted by Crippen LogP contribution is 2.27. The molecule has 2 unspecified atom stereocenters. The molecule has 0 bridgehead atoms. The Bertz CT molecular complexity index is 548. The lowest BCUT2D eigenvalue weighted by molar-refractivity contribution is 0.222. The van der Waals surface area contributed by atoms with Crippen molar-refractivity contribution in [2.75, 3.05) is 19.6 Å². The lowest BCUT2D eigenvalue weighted by Gasteiger charge is -2.36. The van der Waals surface area contributed by atoms with Crippen LogP contribution in [0.4, 0.5) is 0 Å². The van der Waals surface area contributed by atoms with Gasteiger partial charge >= 0.3 is 0 Å². The molecule has 6 nitrogen and oxygen atoms in total. The van der Waals surface area contributed by atoms with E-state index in [1.165, 1.54) is 0 Å². The Morgan fingerprint density at radius 1 is 1.45 bits per heavy atom. The number of hydrogen-bond donors (Lipinski definition) is 1. The van der Waals surface area contributed by atoms with Crippen molar-refractivity contribution in [2.24, 2.45) is 5.92 Å². The zero-order valence-electron chi connectivity index (χ0n) is 12.5. The fraction of sp³-hybridized carbons (Fsp3) is 0.769. The number of piperidine rings is 1. The molecule has 2 rings (SSSR count). The van der Waals surface area contributed by atoms with Crippen LogP contribution in [0.5, 0.6) is 0 Å². The van der Waals surface area contributed by atoms with Crippen molar-refractivity contribution in [3.05, 3.63) is 11.5 Å². The van der Waals surface area contributed by atoms with Crippen LogP contribution in [-0.4, -0.2) is 43.6 Å². The molecule has 1 saturated heterocycles. The average molecular weight is 301 g/mol. The summed E-state index contributed by atoms with van der Waals surface area (Å²) in [6, 6.07) is 0.385. The van der Waals surface area contributed by atoms with E-state index < -0.39 is 10.0 Å². The second-order valence-electron chi connectivity index (χ2n) is 5.45. The molecule has 1 aliphatic heterocycles. The van der Waals surface area contributed by atoms with Gasteiger partial charge in [-0.05, 0) is 32.7 Å². The number of sulfonamides is 1. The van der Waals surface area contributed by atoms with E-state index in [4.69, 9.17) is 4.52 Å². The molecule has 2 atom stereocenters. The maximum Gasteiger partial charge on any atom is 0.248 e. The lowest BCUT2D eigenvalue weighted by atomic mass is 9.95. The number of hydrogen-bond acceptors (Lipinski definition) is 5. The SMILES string of the molecule is CCNC1CCN(S(=O)(=O)c2c(C)noc2C)CC1C. The molecule has 0 radical (unpaired) electrons. The summed E-state index contributed by atoms with van der Waals surface area (Å²) in [4.78, 5) is 0.228. The summed E-state index contributed by atoms with van der Waals surface area (Å²) in [5, 5.41) is 7.16. The van der Waals surface area contributed by atoms with Gasteiger partial charge in [0.1, 0.15) is 10.6 Å². The largest absolute Gasteiger partial charge is 0.360 e. The van der Waals surface area contributed by atoms with Gasteiger partial charge in [0.05, 0.1) is 0 Å². The smallest absolute Gasteiger partial charge is 0.248 e. The van der Waals surface area contributed by atoms with E-state index in [-0.39, 0.29) is 4.90 Å². The molecule has 1 aliphatic rings. The molecule has 0 aliphatic carbocycles. The zero-order valence-corrected chi connectivity index (χ0v) is 13.3. The molecule has 20 heavy (non-hydrogen) atoms. The first-order valence-corrected chi connectivity index (χ1v) is 8.48. The van der Waals surface area contributed by atoms with E-state index in [0.717, 1.165) is 13.0 Å². The predicted molar refractivity (Wildman–Crippen MR) is 76.0 cm³/mol. The van der Waals surface area contributed by atoms with E-state index in [1.807, 2.05) is 0 Å². The Balaban J connectivity index is 2.21. The molecule has 0 saturated carbocycles. The molecule has 7 heteroatoms. The molecule has 1 fully saturated rings. The van der Waals surface area contributed by atoms with Crippen molar-refractivity contribution in [1.82, 2.24) is 14.8 Å². The van der Waals surface area contributed by atoms with Gasteiger partial charge < -0.3 is 9.84 Å². The van der Waals surface area contributed by atoms with Gasteiger partial charge in [0.2, 0.25) is 10.0 Å². The minimum Gasteiger partial charge on any atom is -0.360 e. The first kappa shape index (κ1) is 15.5. The monoisotopic (exact) mass is 301 g/mol. The topological polar surface area (TPSA) is 75.4 Å². The molecule has 0 aromatic carbocycles. The minimum absolute atomic E-state index is 0.228. The highest BCUT2D eigenvalue weighted by atomic mass is 32.2. The molecular weight excluding hydrogens is 278 g/mol. The van der Waals surface area contributed by atoms with Crippen LogP contribution < -0.4 is 5.32 Å². The highest BCUT2D eigenvalue weighted by molar-refractivity contribution is 7.89. The molecule has 1 aromatic heterocycles. The van der Waals surface area contributed by atoms with Crippen LogP contribution in [0.3, 0.4) is 0 Å². The van der Waals surface area contributed by atoms with Crippen molar-refractivity contribution in [2.45, 2.75) is 45.1 Å². The molecule has 114 valence electrons. The van der Waals surface area contributed by atoms with E-state index in [2.05, 4.69) is 24.3 Å². The third-order valence-corrected chi connectivity index (χ3v) is 6.01. The summed E-state index contributed by atoms with van der Waals surface area (Å²) in [6.07, 6.45) is 0.831. The van der Waals surface area contributed by atoms with Gasteiger partial charge in [0.15, 0.2) is 5.76 Å². The van der Waals surface area contributed by atoms with Crippen LogP contribution in [0, 0.1) is 19.8 Å². The Labute approximate surface area is 120 Å². The maximum atomic E-state index is 12.7. The fourth-order valence-corrected chi connectivity index (χ4v) is 4.71. The molecule has 1 N–H and O–H groups in total. The number of rotatable bonds is 4. The van der Waals surface area contributed by atoms with Crippen molar-refractivity contribution >= 4 is 10.0 Å². The van der Waals surface area contributed by atoms with Gasteiger partial charge in [0.25, 0.3) is 0 Å². The third-order valence-electron chi connectivity index (χ3n) is 3.90. The van der Waals surface area contributed by atoms with E-state index in [1.54, 1.807) is 18.2 Å². The second kappa shape index (κ2) is 5.83. The molecule has 1 aromatic rings. The number of aromatic nitrogens is 1. The molecule has 2 heterocycles. The summed E-state index contributed by atoms with van der Waals surface area (Å²) in [5.41, 5.74) is 0.434. The molecular formula is C13H23N3O3S. The minimum atomic E-state index is -3.50. The van der Waals surface area contributed by atoms with Crippen molar-refractivity contribution in [3.8, 4) is 0 Å². The van der Waals surface area contributed by atoms with Crippen LogP contribution in [-0.2, 0) is 10.0 Å². The van der Waals surface area contributed by atoms with Crippen LogP contribution in [0.25, 0.3) is 0 Å². The standard InChI is InChI=1S/C13H23N3O3S/c1-5-14-12-6-7-16(8-9(12)2)20(17,18)13-10(3)15-19-11(13)4/h9,12,14H,5-8H2,1-4H3. The Morgan fingerprint density at radius 3 is 2.65 bits per heavy atom. The van der Waals surface area contributed by atoms with Crippen molar-refractivity contribution < 1.29 is 12.9 Å². The maximum absolute atomic E-state index is 12.7. The number of aryl methyl sites for hydroxylation is 2. The van der Waals surface area contributed by atoms with Gasteiger partial charge in [-0.1, -0.05) is 19.0 Å². The predicted octanol–water partition coefficient (Wildman–Crippen LogP) is 1.30. The molecule has 0 amide bonds. The summed E-state index contributed by atoms with van der Waals surface area (Å²) < 4.78 is 32.0. The summed E-state index contributed by atoms with van der Waals surface area (Å²) in [5.74, 6) is 0.655. The summed E-state index contributed by atoms with van der Waals surface area (Å²) >= 11 is 0. The first-order valence-electron chi connectivity index (χ1n) is 7.04. The highest BCUT2D eigenvalue weighted by Gasteiger charge is 2.36. The van der Waals surface area contributed by atoms with Gasteiger partial charge in [-0.2, -0.15) is 4.31 Å². The Morgan fingerprint density at radius 2 is 2.15 bits per heavy atom. The molecule has 0 spiro atoms. The van der Waals surface area contributed by atoms with Gasteiger partial charge in [-0.15, -0.1) is 0 Å². The van der Waals surface area contributed by atoms with Crippen molar-refractivity contribution in [3.63, 3.8) is 0 Å². The summed E-state index contributed by atoms with van der Waals surface area (Å²) in [7, 11) is -3.50. The normalized spacial score (nSPS) is 25.0. The van der Waals surface area contributed by atoms with E-state index >= 15 is 0 Å². The van der Waals surface area contributed by atoms with Crippen LogP contribution in [0.1, 0.15) is 31.7 Å². The summed E-state index contributed by atoms with van der Waals surface area (Å²) in [6.45, 7) is 9.44. The quantitative estimate of drug-likeness (QED) is 0.907. The van der Waals surface area contributed by atoms with Gasteiger partial charge in [0, 0.05) is 19.1 Å². The average Bonchev–Trinajstić information content (AvgIpc) is 2.72. The zero-order chi connectivity index (χ0) is 14.9. The lowest BCUT2D eigenvalue weighted by Crippen LogP contribution is -2.50. The van der Waals surface area contributed by atoms with Gasteiger partial charge in [-0.3, -0.25) is 0 Å². The van der Waals surface area contributed by atoms with Crippen LogP contribution in [0.2, 0.25) is 0 Å². The van der Waals surface area contributed by atoms with Crippen LogP contribution in [0.15, 0.2) is 9.42 Å². The fourth-order valence-electron chi connectivity index (χ4n) is 2.86. The van der Waals surface area contributed by atoms with E-state index in [9.17, 15) is 8.42 Å². The first-order chi connectivity index (χ1) is 9.37. The second-order valence-corrected chi connectivity index (χ2v) is 7.32. The third kappa shape index (κ3) is 2.75. The number of nitrogens with zero attached hydrogens (tertiary/aromatic N) is 2. The van der Waals surface area contributed by atoms with Crippen molar-refractivity contribution in [1.29, 1.82) is 0 Å². The Hall–Kier alpha value is -0.920. The number of nitrogens with one attached hydrogen (secondary N) is 1. The van der Waals surface area contributed by atoms with Crippen LogP contribution >= 0.6 is 0 Å². The van der Waals surface area contributed by atoms with Gasteiger partial charge in [-0.25, -0.2) is 8.42 Å². The van der Waals surface area contributed by atoms with E-state index in [0.29, 0.717) is 36.5 Å².